The van der Waals surface area contributed by atoms with E-state index >= 15 is 0 Å². The molecule has 0 saturated carbocycles. The number of phosphoric ester groups is 1. The van der Waals surface area contributed by atoms with E-state index in [1.807, 2.05) is 0 Å². The molecule has 0 radical (unpaired) electrons. The molecule has 0 amide bonds. The van der Waals surface area contributed by atoms with Crippen LogP contribution in [0.3, 0.4) is 0 Å². The van der Waals surface area contributed by atoms with Gasteiger partial charge >= 0.3 is 35.5 Å². The maximum atomic E-state index is 11.5. The summed E-state index contributed by atoms with van der Waals surface area (Å²) in [7, 11) is -4.87. The topological polar surface area (TPSA) is 116 Å². The SMILES string of the molecule is CCCCCCCCC=CCCCCCCCC(=O)OCC(O)COP(=O)([O-])O.[Na+]. The smallest absolute Gasteiger partial charge is 0.756 e. The minimum Gasteiger partial charge on any atom is -0.756 e. The van der Waals surface area contributed by atoms with Gasteiger partial charge in [-0.1, -0.05) is 70.4 Å². The fourth-order valence-electron chi connectivity index (χ4n) is 2.83. The minimum atomic E-state index is -4.87. The van der Waals surface area contributed by atoms with E-state index in [1.165, 1.54) is 44.9 Å². The van der Waals surface area contributed by atoms with E-state index in [9.17, 15) is 19.4 Å². The molecule has 0 bridgehead atoms. The molecule has 0 aromatic carbocycles. The van der Waals surface area contributed by atoms with Gasteiger partial charge in [-0.15, -0.1) is 0 Å². The predicted octanol–water partition coefficient (Wildman–Crippen LogP) is 1.41. The fraction of sp³-hybridized carbons (Fsp3) is 0.857. The molecule has 0 aliphatic heterocycles. The first kappa shape index (κ1) is 32.5. The Hall–Kier alpha value is 0.280. The quantitative estimate of drug-likeness (QED) is 0.0932. The molecule has 30 heavy (non-hydrogen) atoms. The number of rotatable bonds is 20. The van der Waals surface area contributed by atoms with Crippen molar-refractivity contribution in [1.82, 2.24) is 0 Å². The summed E-state index contributed by atoms with van der Waals surface area (Å²) in [4.78, 5) is 30.3. The molecule has 2 atom stereocenters. The van der Waals surface area contributed by atoms with Crippen LogP contribution < -0.4 is 34.5 Å². The first-order chi connectivity index (χ1) is 13.8. The van der Waals surface area contributed by atoms with Crippen molar-refractivity contribution in [1.29, 1.82) is 0 Å². The van der Waals surface area contributed by atoms with Crippen LogP contribution in [0.5, 0.6) is 0 Å². The molecule has 0 saturated heterocycles. The van der Waals surface area contributed by atoms with Crippen molar-refractivity contribution < 1.29 is 63.1 Å². The normalized spacial score (nSPS) is 14.3. The monoisotopic (exact) mass is 458 g/mol. The summed E-state index contributed by atoms with van der Waals surface area (Å²) in [5.74, 6) is -0.434. The standard InChI is InChI=1S/C21H41O7P.Na/c1-2-3-4-5-6-7-8-9-10-11-12-13-14-15-16-17-21(23)27-18-20(22)19-28-29(24,25)26;/h9-10,20,22H,2-8,11-19H2,1H3,(H2,24,25,26);/q;+1/p-1. The molecule has 9 heteroatoms. The summed E-state index contributed by atoms with van der Waals surface area (Å²) in [5, 5.41) is 9.39. The van der Waals surface area contributed by atoms with Crippen LogP contribution in [0, 0.1) is 0 Å². The summed E-state index contributed by atoms with van der Waals surface area (Å²) >= 11 is 0. The molecule has 0 aromatic rings. The van der Waals surface area contributed by atoms with Gasteiger partial charge < -0.3 is 24.2 Å². The van der Waals surface area contributed by atoms with Crippen molar-refractivity contribution in [3.63, 3.8) is 0 Å². The number of allylic oxidation sites excluding steroid dienone is 2. The zero-order valence-electron chi connectivity index (χ0n) is 18.9. The Morgan fingerprint density at radius 3 is 1.97 bits per heavy atom. The van der Waals surface area contributed by atoms with Crippen molar-refractivity contribution in [3.8, 4) is 0 Å². The second-order valence-electron chi connectivity index (χ2n) is 7.44. The summed E-state index contributed by atoms with van der Waals surface area (Å²) in [5.41, 5.74) is 0. The number of phosphoric acid groups is 1. The van der Waals surface area contributed by atoms with E-state index < -0.39 is 26.5 Å². The Morgan fingerprint density at radius 2 is 1.43 bits per heavy atom. The minimum absolute atomic E-state index is 0. The molecule has 0 aliphatic rings. The van der Waals surface area contributed by atoms with Crippen LogP contribution in [0.2, 0.25) is 0 Å². The number of aliphatic hydroxyl groups excluding tert-OH is 1. The van der Waals surface area contributed by atoms with Gasteiger partial charge in [0.25, 0.3) is 7.82 Å². The number of carbonyl (C=O) groups excluding carboxylic acids is 1. The average Bonchev–Trinajstić information content (AvgIpc) is 2.67. The van der Waals surface area contributed by atoms with Crippen molar-refractivity contribution in [3.05, 3.63) is 12.2 Å². The van der Waals surface area contributed by atoms with Gasteiger partial charge in [0.1, 0.15) is 12.7 Å². The number of aliphatic hydroxyl groups is 1. The van der Waals surface area contributed by atoms with Gasteiger partial charge in [-0.25, -0.2) is 0 Å². The van der Waals surface area contributed by atoms with E-state index in [2.05, 4.69) is 23.6 Å². The van der Waals surface area contributed by atoms with Crippen LogP contribution in [0.25, 0.3) is 0 Å². The molecule has 0 aliphatic carbocycles. The van der Waals surface area contributed by atoms with Crippen LogP contribution in [-0.4, -0.2) is 35.3 Å². The van der Waals surface area contributed by atoms with Gasteiger partial charge in [0.2, 0.25) is 0 Å². The molecule has 0 spiro atoms. The van der Waals surface area contributed by atoms with Gasteiger partial charge in [0.05, 0.1) is 6.61 Å². The number of carbonyl (C=O) groups is 1. The van der Waals surface area contributed by atoms with Crippen molar-refractivity contribution >= 4 is 13.8 Å². The zero-order valence-corrected chi connectivity index (χ0v) is 21.8. The van der Waals surface area contributed by atoms with Crippen LogP contribution in [0.1, 0.15) is 96.8 Å². The molecule has 0 rings (SSSR count). The first-order valence-corrected chi connectivity index (χ1v) is 12.5. The van der Waals surface area contributed by atoms with E-state index in [0.29, 0.717) is 0 Å². The third-order valence-electron chi connectivity index (χ3n) is 4.51. The third-order valence-corrected chi connectivity index (χ3v) is 4.98. The molecular weight excluding hydrogens is 418 g/mol. The second kappa shape index (κ2) is 22.5. The zero-order chi connectivity index (χ0) is 21.8. The molecular formula is C21H40NaO7P. The van der Waals surface area contributed by atoms with Gasteiger partial charge in [-0.2, -0.15) is 0 Å². The molecule has 0 aromatic heterocycles. The fourth-order valence-corrected chi connectivity index (χ4v) is 3.19. The van der Waals surface area contributed by atoms with Crippen molar-refractivity contribution in [2.45, 2.75) is 103 Å². The number of hydrogen-bond donors (Lipinski definition) is 2. The summed E-state index contributed by atoms with van der Waals surface area (Å²) in [6.45, 7) is 1.24. The van der Waals surface area contributed by atoms with Crippen molar-refractivity contribution in [2.75, 3.05) is 13.2 Å². The Kier molecular flexibility index (Phi) is 24.3. The first-order valence-electron chi connectivity index (χ1n) is 11.0. The molecule has 2 unspecified atom stereocenters. The maximum Gasteiger partial charge on any atom is 1.00 e. The number of hydrogen-bond acceptors (Lipinski definition) is 6. The second-order valence-corrected chi connectivity index (χ2v) is 8.63. The Morgan fingerprint density at radius 1 is 0.933 bits per heavy atom. The average molecular weight is 459 g/mol. The van der Waals surface area contributed by atoms with E-state index in [-0.39, 0.29) is 42.6 Å². The molecule has 172 valence electrons. The third kappa shape index (κ3) is 26.3. The molecule has 0 fully saturated rings. The Labute approximate surface area is 204 Å². The van der Waals surface area contributed by atoms with E-state index in [1.54, 1.807) is 0 Å². The number of esters is 1. The molecule has 0 heterocycles. The summed E-state index contributed by atoms with van der Waals surface area (Å²) < 4.78 is 19.2. The number of ether oxygens (including phenoxy) is 1. The number of unbranched alkanes of at least 4 members (excludes halogenated alkanes) is 11. The van der Waals surface area contributed by atoms with Gasteiger partial charge in [-0.05, 0) is 32.1 Å². The van der Waals surface area contributed by atoms with Gasteiger partial charge in [0.15, 0.2) is 0 Å². The van der Waals surface area contributed by atoms with Crippen LogP contribution >= 0.6 is 7.82 Å². The summed E-state index contributed by atoms with van der Waals surface area (Å²) in [6.07, 6.45) is 18.9. The molecule has 7 nitrogen and oxygen atoms in total. The van der Waals surface area contributed by atoms with Crippen LogP contribution in [0.15, 0.2) is 12.2 Å². The Bertz CT molecular complexity index is 468. The van der Waals surface area contributed by atoms with E-state index in [4.69, 9.17) is 9.63 Å². The van der Waals surface area contributed by atoms with E-state index in [0.717, 1.165) is 38.5 Å². The largest absolute Gasteiger partial charge is 1.00 e. The van der Waals surface area contributed by atoms with Gasteiger partial charge in [-0.3, -0.25) is 9.36 Å². The molecule has 2 N–H and O–H groups in total. The van der Waals surface area contributed by atoms with Crippen LogP contribution in [0.4, 0.5) is 0 Å². The van der Waals surface area contributed by atoms with Crippen molar-refractivity contribution in [2.24, 2.45) is 0 Å². The van der Waals surface area contributed by atoms with Gasteiger partial charge in [0, 0.05) is 6.42 Å². The predicted molar refractivity (Wildman–Crippen MR) is 112 cm³/mol. The Balaban J connectivity index is 0. The van der Waals surface area contributed by atoms with Crippen LogP contribution in [-0.2, 0) is 18.6 Å². The maximum absolute atomic E-state index is 11.5. The summed E-state index contributed by atoms with van der Waals surface area (Å²) in [6, 6.07) is 0.